The maximum Gasteiger partial charge on any atom is 0.149 e. The number of hydrogen-bond donors (Lipinski definition) is 0. The first-order chi connectivity index (χ1) is 16.2. The molecule has 5 rings (SSSR count). The second-order valence-corrected chi connectivity index (χ2v) is 8.82. The van der Waals surface area contributed by atoms with E-state index in [1.165, 1.54) is 11.1 Å². The van der Waals surface area contributed by atoms with E-state index in [2.05, 4.69) is 78.4 Å². The van der Waals surface area contributed by atoms with Crippen LogP contribution >= 0.6 is 11.8 Å². The lowest BCUT2D eigenvalue weighted by atomic mass is 10.1. The van der Waals surface area contributed by atoms with Crippen LogP contribution in [0.3, 0.4) is 0 Å². The first kappa shape index (κ1) is 21.3. The van der Waals surface area contributed by atoms with Crippen molar-refractivity contribution in [3.8, 4) is 22.6 Å². The lowest BCUT2D eigenvalue weighted by Gasteiger charge is -2.08. The summed E-state index contributed by atoms with van der Waals surface area (Å²) < 4.78 is 7.77. The van der Waals surface area contributed by atoms with Crippen LogP contribution in [0, 0.1) is 6.92 Å². The van der Waals surface area contributed by atoms with Crippen molar-refractivity contribution in [2.75, 3.05) is 6.61 Å². The Balaban J connectivity index is 1.61. The zero-order valence-corrected chi connectivity index (χ0v) is 19.5. The van der Waals surface area contributed by atoms with E-state index in [1.54, 1.807) is 18.1 Å². The van der Waals surface area contributed by atoms with Gasteiger partial charge in [-0.3, -0.25) is 0 Å². The zero-order valence-electron chi connectivity index (χ0n) is 18.7. The van der Waals surface area contributed by atoms with E-state index in [1.807, 2.05) is 25.1 Å². The number of rotatable bonds is 7. The normalized spacial score (nSPS) is 11.1. The molecule has 2 aromatic heterocycles. The average Bonchev–Trinajstić information content (AvgIpc) is 3.24. The Morgan fingerprint density at radius 2 is 1.73 bits per heavy atom. The highest BCUT2D eigenvalue weighted by molar-refractivity contribution is 7.98. The number of thioether (sulfide) groups is 1. The molecule has 0 spiro atoms. The van der Waals surface area contributed by atoms with Gasteiger partial charge in [0, 0.05) is 23.2 Å². The largest absolute Gasteiger partial charge is 0.494 e. The number of ether oxygens (including phenoxy) is 1. The highest BCUT2D eigenvalue weighted by Crippen LogP contribution is 2.37. The smallest absolute Gasteiger partial charge is 0.149 e. The molecule has 0 atom stereocenters. The van der Waals surface area contributed by atoms with E-state index in [0.717, 1.165) is 44.4 Å². The van der Waals surface area contributed by atoms with Crippen LogP contribution in [0.5, 0.6) is 5.75 Å². The Labute approximate surface area is 198 Å². The van der Waals surface area contributed by atoms with Crippen LogP contribution in [0.1, 0.15) is 18.1 Å². The zero-order chi connectivity index (χ0) is 22.6. The molecule has 0 radical (unpaired) electrons. The molecule has 0 amide bonds. The van der Waals surface area contributed by atoms with E-state index in [-0.39, 0.29) is 0 Å². The fourth-order valence-electron chi connectivity index (χ4n) is 4.00. The van der Waals surface area contributed by atoms with Crippen LogP contribution in [0.25, 0.3) is 27.8 Å². The molecule has 5 aromatic rings. The molecule has 0 unspecified atom stereocenters. The van der Waals surface area contributed by atoms with Gasteiger partial charge in [0.1, 0.15) is 22.7 Å². The number of fused-ring (bicyclic) bond motifs is 1. The standard InChI is InChI=1S/C28H25N3OS/c1-3-32-24-14-12-23(13-15-24)31-17-25(22-10-5-4-6-11-22)26-27(31)29-19-30-28(26)33-18-21-9-7-8-20(2)16-21/h4-17,19H,3,18H2,1-2H3. The van der Waals surface area contributed by atoms with Gasteiger partial charge in [-0.15, -0.1) is 11.8 Å². The summed E-state index contributed by atoms with van der Waals surface area (Å²) in [4.78, 5) is 9.39. The number of hydrogen-bond acceptors (Lipinski definition) is 4. The molecule has 0 aliphatic carbocycles. The second kappa shape index (κ2) is 9.51. The first-order valence-corrected chi connectivity index (χ1v) is 12.0. The predicted octanol–water partition coefficient (Wildman–Crippen LogP) is 7.09. The summed E-state index contributed by atoms with van der Waals surface area (Å²) >= 11 is 1.75. The van der Waals surface area contributed by atoms with Gasteiger partial charge in [-0.2, -0.15) is 0 Å². The van der Waals surface area contributed by atoms with Gasteiger partial charge in [-0.1, -0.05) is 60.2 Å². The number of nitrogens with zero attached hydrogens (tertiary/aromatic N) is 3. The molecule has 0 bridgehead atoms. The van der Waals surface area contributed by atoms with Gasteiger partial charge in [0.15, 0.2) is 0 Å². The molecule has 0 saturated carbocycles. The lowest BCUT2D eigenvalue weighted by molar-refractivity contribution is 0.340. The Kier molecular flexibility index (Phi) is 6.13. The van der Waals surface area contributed by atoms with Gasteiger partial charge in [-0.05, 0) is 49.2 Å². The summed E-state index contributed by atoms with van der Waals surface area (Å²) in [5.74, 6) is 1.72. The van der Waals surface area contributed by atoms with E-state index >= 15 is 0 Å². The third-order valence-electron chi connectivity index (χ3n) is 5.52. The predicted molar refractivity (Wildman–Crippen MR) is 136 cm³/mol. The van der Waals surface area contributed by atoms with E-state index in [0.29, 0.717) is 6.61 Å². The van der Waals surface area contributed by atoms with Crippen molar-refractivity contribution < 1.29 is 4.74 Å². The van der Waals surface area contributed by atoms with Gasteiger partial charge >= 0.3 is 0 Å². The molecule has 0 N–H and O–H groups in total. The molecule has 5 heteroatoms. The van der Waals surface area contributed by atoms with Crippen molar-refractivity contribution in [1.82, 2.24) is 14.5 Å². The molecule has 2 heterocycles. The van der Waals surface area contributed by atoms with Crippen molar-refractivity contribution >= 4 is 22.8 Å². The van der Waals surface area contributed by atoms with E-state index in [9.17, 15) is 0 Å². The topological polar surface area (TPSA) is 39.9 Å². The fourth-order valence-corrected chi connectivity index (χ4v) is 4.95. The van der Waals surface area contributed by atoms with E-state index in [4.69, 9.17) is 14.7 Å². The van der Waals surface area contributed by atoms with Crippen LogP contribution in [-0.2, 0) is 5.75 Å². The number of aryl methyl sites for hydroxylation is 1. The summed E-state index contributed by atoms with van der Waals surface area (Å²) in [5.41, 5.74) is 6.79. The summed E-state index contributed by atoms with van der Waals surface area (Å²) in [6.07, 6.45) is 3.84. The molecule has 164 valence electrons. The SMILES string of the molecule is CCOc1ccc(-n2cc(-c3ccccc3)c3c(SCc4cccc(C)c4)ncnc32)cc1. The van der Waals surface area contributed by atoms with Crippen molar-refractivity contribution in [3.05, 3.63) is 103 Å². The Bertz CT molecular complexity index is 1380. The Morgan fingerprint density at radius 3 is 2.48 bits per heavy atom. The Hall–Kier alpha value is -3.57. The second-order valence-electron chi connectivity index (χ2n) is 7.86. The first-order valence-electron chi connectivity index (χ1n) is 11.1. The minimum Gasteiger partial charge on any atom is -0.494 e. The highest BCUT2D eigenvalue weighted by atomic mass is 32.2. The van der Waals surface area contributed by atoms with Crippen molar-refractivity contribution in [2.45, 2.75) is 24.6 Å². The minimum atomic E-state index is 0.651. The van der Waals surface area contributed by atoms with Crippen molar-refractivity contribution in [2.24, 2.45) is 0 Å². The van der Waals surface area contributed by atoms with Crippen molar-refractivity contribution in [3.63, 3.8) is 0 Å². The third-order valence-corrected chi connectivity index (χ3v) is 6.58. The van der Waals surface area contributed by atoms with Gasteiger partial charge in [0.05, 0.1) is 12.0 Å². The third kappa shape index (κ3) is 4.50. The molecular formula is C28H25N3OS. The maximum atomic E-state index is 5.62. The molecule has 3 aromatic carbocycles. The monoisotopic (exact) mass is 451 g/mol. The number of benzene rings is 3. The fraction of sp³-hybridized carbons (Fsp3) is 0.143. The average molecular weight is 452 g/mol. The van der Waals surface area contributed by atoms with Crippen molar-refractivity contribution in [1.29, 1.82) is 0 Å². The lowest BCUT2D eigenvalue weighted by Crippen LogP contribution is -1.96. The van der Waals surface area contributed by atoms with E-state index < -0.39 is 0 Å². The number of aromatic nitrogens is 3. The van der Waals surface area contributed by atoms with Gasteiger partial charge in [-0.25, -0.2) is 9.97 Å². The maximum absolute atomic E-state index is 5.62. The molecule has 33 heavy (non-hydrogen) atoms. The Morgan fingerprint density at radius 1 is 0.909 bits per heavy atom. The van der Waals surface area contributed by atoms with Crippen LogP contribution in [0.4, 0.5) is 0 Å². The van der Waals surface area contributed by atoms with Crippen LogP contribution < -0.4 is 4.74 Å². The molecule has 0 fully saturated rings. The molecule has 0 saturated heterocycles. The van der Waals surface area contributed by atoms with Gasteiger partial charge < -0.3 is 9.30 Å². The highest BCUT2D eigenvalue weighted by Gasteiger charge is 2.17. The minimum absolute atomic E-state index is 0.651. The summed E-state index contributed by atoms with van der Waals surface area (Å²) in [7, 11) is 0. The van der Waals surface area contributed by atoms with Crippen LogP contribution in [-0.4, -0.2) is 21.1 Å². The quantitative estimate of drug-likeness (QED) is 0.196. The summed E-state index contributed by atoms with van der Waals surface area (Å²) in [6, 6.07) is 27.2. The molecular weight excluding hydrogens is 426 g/mol. The molecule has 0 aliphatic heterocycles. The summed E-state index contributed by atoms with van der Waals surface area (Å²) in [6.45, 7) is 4.77. The summed E-state index contributed by atoms with van der Waals surface area (Å²) in [5, 5.41) is 2.07. The van der Waals surface area contributed by atoms with Gasteiger partial charge in [0.25, 0.3) is 0 Å². The molecule has 4 nitrogen and oxygen atoms in total. The van der Waals surface area contributed by atoms with Crippen LogP contribution in [0.15, 0.2) is 96.4 Å². The van der Waals surface area contributed by atoms with Gasteiger partial charge in [0.2, 0.25) is 0 Å². The molecule has 0 aliphatic rings. The van der Waals surface area contributed by atoms with Crippen LogP contribution in [0.2, 0.25) is 0 Å².